The first-order valence-corrected chi connectivity index (χ1v) is 9.56. The highest BCUT2D eigenvalue weighted by Gasteiger charge is 2.11. The Bertz CT molecular complexity index is 856. The number of para-hydroxylation sites is 1. The van der Waals surface area contributed by atoms with Crippen LogP contribution in [0.3, 0.4) is 0 Å². The number of amides is 2. The Morgan fingerprint density at radius 3 is 2.34 bits per heavy atom. The number of benzene rings is 2. The van der Waals surface area contributed by atoms with Crippen LogP contribution in [0.2, 0.25) is 0 Å². The zero-order valence-corrected chi connectivity index (χ0v) is 17.5. The summed E-state index contributed by atoms with van der Waals surface area (Å²) < 4.78 is 11.0. The lowest BCUT2D eigenvalue weighted by Gasteiger charge is -2.15. The minimum Gasteiger partial charge on any atom is -0.484 e. The van der Waals surface area contributed by atoms with Crippen molar-refractivity contribution in [2.75, 3.05) is 13.2 Å². The second-order valence-corrected chi connectivity index (χ2v) is 7.05. The van der Waals surface area contributed by atoms with Gasteiger partial charge in [-0.2, -0.15) is 0 Å². The van der Waals surface area contributed by atoms with Crippen molar-refractivity contribution in [2.45, 2.75) is 26.7 Å². The van der Waals surface area contributed by atoms with Gasteiger partial charge in [0.1, 0.15) is 11.5 Å². The van der Waals surface area contributed by atoms with E-state index in [4.69, 9.17) is 21.7 Å². The van der Waals surface area contributed by atoms with E-state index in [-0.39, 0.29) is 24.2 Å². The third-order valence-corrected chi connectivity index (χ3v) is 4.04. The van der Waals surface area contributed by atoms with E-state index in [1.54, 1.807) is 24.3 Å². The maximum atomic E-state index is 12.0. The van der Waals surface area contributed by atoms with Gasteiger partial charge >= 0.3 is 0 Å². The minimum absolute atomic E-state index is 0.0431. The molecule has 0 unspecified atom stereocenters. The summed E-state index contributed by atoms with van der Waals surface area (Å²) in [6.45, 7) is 5.68. The van der Waals surface area contributed by atoms with Crippen LogP contribution in [0.1, 0.15) is 30.9 Å². The predicted molar refractivity (Wildman–Crippen MR) is 115 cm³/mol. The smallest absolute Gasteiger partial charge is 0.276 e. The number of rotatable bonds is 7. The third kappa shape index (κ3) is 7.79. The fourth-order valence-electron chi connectivity index (χ4n) is 2.41. The van der Waals surface area contributed by atoms with E-state index in [0.29, 0.717) is 11.5 Å². The van der Waals surface area contributed by atoms with Crippen LogP contribution in [0.15, 0.2) is 48.5 Å². The van der Waals surface area contributed by atoms with Crippen LogP contribution in [0.5, 0.6) is 11.5 Å². The highest BCUT2D eigenvalue weighted by Crippen LogP contribution is 2.27. The van der Waals surface area contributed by atoms with Crippen molar-refractivity contribution in [3.8, 4) is 11.5 Å². The monoisotopic (exact) mass is 415 g/mol. The van der Waals surface area contributed by atoms with Crippen LogP contribution in [-0.2, 0) is 9.59 Å². The second-order valence-electron chi connectivity index (χ2n) is 6.64. The average molecular weight is 416 g/mol. The van der Waals surface area contributed by atoms with Gasteiger partial charge in [0.2, 0.25) is 0 Å². The molecular formula is C21H25N3O4S. The molecule has 0 heterocycles. The second kappa shape index (κ2) is 11.0. The third-order valence-electron chi connectivity index (χ3n) is 3.83. The van der Waals surface area contributed by atoms with Gasteiger partial charge in [-0.05, 0) is 54.4 Å². The first kappa shape index (κ1) is 22.2. The summed E-state index contributed by atoms with van der Waals surface area (Å²) in [5.74, 6) is 0.636. The van der Waals surface area contributed by atoms with Crippen molar-refractivity contribution < 1.29 is 19.1 Å². The Kier molecular flexibility index (Phi) is 8.42. The van der Waals surface area contributed by atoms with Gasteiger partial charge in [-0.25, -0.2) is 0 Å². The minimum atomic E-state index is -0.446. The molecule has 7 nitrogen and oxygen atoms in total. The molecule has 0 atom stereocenters. The molecule has 3 N–H and O–H groups in total. The summed E-state index contributed by atoms with van der Waals surface area (Å²) in [6.07, 6.45) is 0. The number of nitrogens with one attached hydrogen (secondary N) is 3. The maximum absolute atomic E-state index is 12.0. The van der Waals surface area contributed by atoms with Gasteiger partial charge in [0, 0.05) is 0 Å². The van der Waals surface area contributed by atoms with E-state index < -0.39 is 11.8 Å². The number of hydrazine groups is 1. The summed E-state index contributed by atoms with van der Waals surface area (Å²) in [5, 5.41) is 2.37. The zero-order chi connectivity index (χ0) is 21.2. The number of carbonyl (C=O) groups is 2. The molecule has 0 spiro atoms. The number of carbonyl (C=O) groups excluding carboxylic acids is 2. The molecule has 8 heteroatoms. The lowest BCUT2D eigenvalue weighted by atomic mass is 10.0. The number of hydrogen-bond donors (Lipinski definition) is 3. The topological polar surface area (TPSA) is 88.7 Å². The summed E-state index contributed by atoms with van der Waals surface area (Å²) in [6, 6.07) is 14.8. The first-order valence-electron chi connectivity index (χ1n) is 9.15. The summed E-state index contributed by atoms with van der Waals surface area (Å²) >= 11 is 4.98. The Morgan fingerprint density at radius 2 is 1.66 bits per heavy atom. The predicted octanol–water partition coefficient (Wildman–Crippen LogP) is 2.60. The van der Waals surface area contributed by atoms with E-state index >= 15 is 0 Å². The van der Waals surface area contributed by atoms with Gasteiger partial charge in [0.25, 0.3) is 11.8 Å². The van der Waals surface area contributed by atoms with Crippen LogP contribution in [-0.4, -0.2) is 30.1 Å². The number of thiocarbonyl (C=S) groups is 1. The molecule has 2 aromatic rings. The largest absolute Gasteiger partial charge is 0.484 e. The molecule has 0 aromatic heterocycles. The van der Waals surface area contributed by atoms with Crippen LogP contribution < -0.4 is 25.6 Å². The van der Waals surface area contributed by atoms with Gasteiger partial charge in [0.05, 0.1) is 0 Å². The molecule has 29 heavy (non-hydrogen) atoms. The van der Waals surface area contributed by atoms with Gasteiger partial charge in [-0.1, -0.05) is 44.2 Å². The number of hydrogen-bond acceptors (Lipinski definition) is 5. The molecule has 0 radical (unpaired) electrons. The average Bonchev–Trinajstić information content (AvgIpc) is 2.69. The molecule has 2 rings (SSSR count). The van der Waals surface area contributed by atoms with Crippen LogP contribution in [0, 0.1) is 6.92 Å². The van der Waals surface area contributed by atoms with Gasteiger partial charge in [-0.3, -0.25) is 25.8 Å². The van der Waals surface area contributed by atoms with Crippen LogP contribution >= 0.6 is 12.2 Å². The molecule has 0 aliphatic rings. The van der Waals surface area contributed by atoms with Crippen molar-refractivity contribution in [1.29, 1.82) is 0 Å². The molecule has 2 aromatic carbocycles. The molecular weight excluding hydrogens is 390 g/mol. The fourth-order valence-corrected chi connectivity index (χ4v) is 2.57. The van der Waals surface area contributed by atoms with Crippen molar-refractivity contribution >= 4 is 29.1 Å². The van der Waals surface area contributed by atoms with Crippen molar-refractivity contribution in [1.82, 2.24) is 16.2 Å². The molecule has 0 saturated heterocycles. The lowest BCUT2D eigenvalue weighted by molar-refractivity contribution is -0.124. The zero-order valence-electron chi connectivity index (χ0n) is 16.7. The summed E-state index contributed by atoms with van der Waals surface area (Å²) in [5.41, 5.74) is 6.92. The maximum Gasteiger partial charge on any atom is 0.276 e. The van der Waals surface area contributed by atoms with E-state index in [0.717, 1.165) is 11.1 Å². The fraction of sp³-hybridized carbons (Fsp3) is 0.286. The normalized spacial score (nSPS) is 10.2. The summed E-state index contributed by atoms with van der Waals surface area (Å²) in [4.78, 5) is 23.8. The van der Waals surface area contributed by atoms with Crippen LogP contribution in [0.25, 0.3) is 0 Å². The van der Waals surface area contributed by atoms with Gasteiger partial charge in [0.15, 0.2) is 18.3 Å². The molecule has 154 valence electrons. The molecule has 0 aliphatic carbocycles. The highest BCUT2D eigenvalue weighted by atomic mass is 32.1. The first-order chi connectivity index (χ1) is 13.8. The van der Waals surface area contributed by atoms with E-state index in [1.165, 1.54) is 0 Å². The Morgan fingerprint density at radius 1 is 0.966 bits per heavy atom. The standard InChI is InChI=1S/C21H25N3O4S/c1-14(2)17-10-9-15(3)11-18(17)28-13-20(26)23-24-21(29)22-19(25)12-27-16-7-5-4-6-8-16/h4-11,14H,12-13H2,1-3H3,(H,23,26)(H2,22,24,25,29). The summed E-state index contributed by atoms with van der Waals surface area (Å²) in [7, 11) is 0. The van der Waals surface area contributed by atoms with E-state index in [9.17, 15) is 9.59 Å². The molecule has 0 bridgehead atoms. The highest BCUT2D eigenvalue weighted by molar-refractivity contribution is 7.80. The lowest BCUT2D eigenvalue weighted by Crippen LogP contribution is -2.50. The Labute approximate surface area is 175 Å². The molecule has 0 aliphatic heterocycles. The van der Waals surface area contributed by atoms with E-state index in [2.05, 4.69) is 30.0 Å². The van der Waals surface area contributed by atoms with Crippen LogP contribution in [0.4, 0.5) is 0 Å². The van der Waals surface area contributed by atoms with Crippen molar-refractivity contribution in [3.05, 3.63) is 59.7 Å². The van der Waals surface area contributed by atoms with Gasteiger partial charge in [-0.15, -0.1) is 0 Å². The SMILES string of the molecule is Cc1ccc(C(C)C)c(OCC(=O)NNC(=S)NC(=O)COc2ccccc2)c1. The Hall–Kier alpha value is -3.13. The molecule has 0 fully saturated rings. The molecule has 2 amide bonds. The van der Waals surface area contributed by atoms with E-state index in [1.807, 2.05) is 31.2 Å². The van der Waals surface area contributed by atoms with Gasteiger partial charge < -0.3 is 9.47 Å². The number of aryl methyl sites for hydroxylation is 1. The van der Waals surface area contributed by atoms with Crippen molar-refractivity contribution in [3.63, 3.8) is 0 Å². The Balaban J connectivity index is 1.71. The number of ether oxygens (including phenoxy) is 2. The quantitative estimate of drug-likeness (QED) is 0.476. The van der Waals surface area contributed by atoms with Crippen molar-refractivity contribution in [2.24, 2.45) is 0 Å². The molecule has 0 saturated carbocycles.